The second kappa shape index (κ2) is 5.97. The normalized spacial score (nSPS) is 12.5. The topological polar surface area (TPSA) is 76.4 Å². The molecule has 0 spiro atoms. The predicted molar refractivity (Wildman–Crippen MR) is 48.4 cm³/mol. The van der Waals surface area contributed by atoms with Gasteiger partial charge in [-0.1, -0.05) is 13.8 Å². The zero-order valence-electron chi connectivity index (χ0n) is 7.30. The third-order valence-corrected chi connectivity index (χ3v) is 1.33. The Kier molecular flexibility index (Phi) is 5.56. The summed E-state index contributed by atoms with van der Waals surface area (Å²) in [6.45, 7) is 6.84. The third-order valence-electron chi connectivity index (χ3n) is 1.33. The van der Waals surface area contributed by atoms with Crippen molar-refractivity contribution in [3.8, 4) is 0 Å². The van der Waals surface area contributed by atoms with Crippen molar-refractivity contribution in [2.24, 2.45) is 22.4 Å². The molecule has 0 saturated heterocycles. The zero-order chi connectivity index (χ0) is 8.69. The largest absolute Gasteiger partial charge is 0.370 e. The third kappa shape index (κ3) is 7.12. The summed E-state index contributed by atoms with van der Waals surface area (Å²) in [7, 11) is 0. The minimum atomic E-state index is 0.174. The molecule has 0 rings (SSSR count). The van der Waals surface area contributed by atoms with Crippen LogP contribution in [0.3, 0.4) is 0 Å². The van der Waals surface area contributed by atoms with Crippen LogP contribution in [0.25, 0.3) is 0 Å². The van der Waals surface area contributed by atoms with E-state index in [1.807, 2.05) is 0 Å². The zero-order valence-corrected chi connectivity index (χ0v) is 7.30. The van der Waals surface area contributed by atoms with Crippen molar-refractivity contribution in [3.05, 3.63) is 0 Å². The van der Waals surface area contributed by atoms with Gasteiger partial charge in [-0.25, -0.2) is 0 Å². The molecule has 5 N–H and O–H groups in total. The smallest absolute Gasteiger partial charge is 0.185 e. The molecule has 0 bridgehead atoms. The van der Waals surface area contributed by atoms with Gasteiger partial charge < -0.3 is 16.8 Å². The summed E-state index contributed by atoms with van der Waals surface area (Å²) in [6.07, 6.45) is 0. The highest BCUT2D eigenvalue weighted by molar-refractivity contribution is 5.75. The lowest BCUT2D eigenvalue weighted by atomic mass is 10.2. The first-order chi connectivity index (χ1) is 5.16. The molecule has 11 heavy (non-hydrogen) atoms. The predicted octanol–water partition coefficient (Wildman–Crippen LogP) is -0.495. The summed E-state index contributed by atoms with van der Waals surface area (Å²) >= 11 is 0. The van der Waals surface area contributed by atoms with Crippen molar-refractivity contribution in [2.45, 2.75) is 13.8 Å². The Bertz CT molecular complexity index is 118. The van der Waals surface area contributed by atoms with Crippen LogP contribution in [0.15, 0.2) is 4.99 Å². The number of hydrogen-bond acceptors (Lipinski definition) is 2. The fourth-order valence-electron chi connectivity index (χ4n) is 0.717. The molecule has 4 heteroatoms. The lowest BCUT2D eigenvalue weighted by Gasteiger charge is -2.07. The Labute approximate surface area is 68.1 Å². The fourth-order valence-corrected chi connectivity index (χ4v) is 0.717. The first-order valence-electron chi connectivity index (χ1n) is 3.93. The Hall–Kier alpha value is -0.770. The van der Waals surface area contributed by atoms with Gasteiger partial charge in [-0.2, -0.15) is 0 Å². The number of rotatable bonds is 5. The molecule has 0 heterocycles. The second-order valence-corrected chi connectivity index (χ2v) is 2.68. The van der Waals surface area contributed by atoms with Crippen molar-refractivity contribution < 1.29 is 0 Å². The highest BCUT2D eigenvalue weighted by Gasteiger charge is 1.98. The van der Waals surface area contributed by atoms with E-state index in [0.29, 0.717) is 12.5 Å². The maximum atomic E-state index is 5.18. The average molecular weight is 158 g/mol. The Balaban J connectivity index is 3.36. The van der Waals surface area contributed by atoms with Crippen LogP contribution in [-0.4, -0.2) is 25.6 Å². The second-order valence-electron chi connectivity index (χ2n) is 2.68. The monoisotopic (exact) mass is 158 g/mol. The molecule has 0 aromatic rings. The van der Waals surface area contributed by atoms with E-state index in [0.717, 1.165) is 13.1 Å². The SMILES string of the molecule is CCNC[C@@H](C)CN=C(N)N. The van der Waals surface area contributed by atoms with Crippen molar-refractivity contribution >= 4 is 5.96 Å². The lowest BCUT2D eigenvalue weighted by Crippen LogP contribution is -2.26. The fraction of sp³-hybridized carbons (Fsp3) is 0.857. The van der Waals surface area contributed by atoms with Gasteiger partial charge in [0, 0.05) is 6.54 Å². The average Bonchev–Trinajstić information content (AvgIpc) is 1.97. The molecule has 0 fully saturated rings. The van der Waals surface area contributed by atoms with Crippen LogP contribution in [0.5, 0.6) is 0 Å². The highest BCUT2D eigenvalue weighted by atomic mass is 15.0. The number of nitrogens with two attached hydrogens (primary N) is 2. The Morgan fingerprint density at radius 1 is 1.55 bits per heavy atom. The van der Waals surface area contributed by atoms with Gasteiger partial charge in [-0.15, -0.1) is 0 Å². The number of aliphatic imine (C=N–C) groups is 1. The van der Waals surface area contributed by atoms with Gasteiger partial charge in [-0.3, -0.25) is 4.99 Å². The molecule has 0 aromatic heterocycles. The van der Waals surface area contributed by atoms with Gasteiger partial charge in [0.2, 0.25) is 0 Å². The van der Waals surface area contributed by atoms with Crippen molar-refractivity contribution in [1.29, 1.82) is 0 Å². The molecule has 0 aliphatic rings. The minimum Gasteiger partial charge on any atom is -0.370 e. The summed E-state index contributed by atoms with van der Waals surface area (Å²) in [5.41, 5.74) is 10.4. The number of nitrogens with zero attached hydrogens (tertiary/aromatic N) is 1. The van der Waals surface area contributed by atoms with Crippen LogP contribution in [0, 0.1) is 5.92 Å². The quantitative estimate of drug-likeness (QED) is 0.373. The van der Waals surface area contributed by atoms with E-state index in [1.165, 1.54) is 0 Å². The molecule has 0 aliphatic heterocycles. The summed E-state index contributed by atoms with van der Waals surface area (Å²) < 4.78 is 0. The number of guanidine groups is 1. The molecule has 0 amide bonds. The summed E-state index contributed by atoms with van der Waals surface area (Å²) in [4.78, 5) is 3.91. The van der Waals surface area contributed by atoms with E-state index >= 15 is 0 Å². The maximum absolute atomic E-state index is 5.18. The first-order valence-corrected chi connectivity index (χ1v) is 3.93. The van der Waals surface area contributed by atoms with Gasteiger partial charge >= 0.3 is 0 Å². The van der Waals surface area contributed by atoms with Crippen LogP contribution in [0.4, 0.5) is 0 Å². The van der Waals surface area contributed by atoms with E-state index in [2.05, 4.69) is 24.2 Å². The summed E-state index contributed by atoms with van der Waals surface area (Å²) in [5.74, 6) is 0.672. The Morgan fingerprint density at radius 2 is 2.18 bits per heavy atom. The van der Waals surface area contributed by atoms with Crippen LogP contribution in [0.1, 0.15) is 13.8 Å². The Morgan fingerprint density at radius 3 is 2.64 bits per heavy atom. The molecule has 4 nitrogen and oxygen atoms in total. The van der Waals surface area contributed by atoms with Gasteiger partial charge in [0.05, 0.1) is 0 Å². The molecular weight excluding hydrogens is 140 g/mol. The van der Waals surface area contributed by atoms with E-state index < -0.39 is 0 Å². The van der Waals surface area contributed by atoms with Gasteiger partial charge in [0.1, 0.15) is 0 Å². The highest BCUT2D eigenvalue weighted by Crippen LogP contribution is 1.91. The molecule has 1 atom stereocenters. The van der Waals surface area contributed by atoms with Crippen molar-refractivity contribution in [1.82, 2.24) is 5.32 Å². The van der Waals surface area contributed by atoms with Crippen molar-refractivity contribution in [3.63, 3.8) is 0 Å². The molecular formula is C7H18N4. The van der Waals surface area contributed by atoms with Crippen molar-refractivity contribution in [2.75, 3.05) is 19.6 Å². The summed E-state index contributed by atoms with van der Waals surface area (Å²) in [5, 5.41) is 3.22. The van der Waals surface area contributed by atoms with E-state index in [-0.39, 0.29) is 5.96 Å². The first kappa shape index (κ1) is 10.2. The van der Waals surface area contributed by atoms with Gasteiger partial charge in [0.15, 0.2) is 5.96 Å². The van der Waals surface area contributed by atoms with Crippen LogP contribution >= 0.6 is 0 Å². The standard InChI is InChI=1S/C7H18N4/c1-3-10-4-6(2)5-11-7(8)9/h6,10H,3-5H2,1-2H3,(H4,8,9,11)/t6-/m1/s1. The van der Waals surface area contributed by atoms with Crippen LogP contribution in [-0.2, 0) is 0 Å². The van der Waals surface area contributed by atoms with E-state index in [9.17, 15) is 0 Å². The number of hydrogen-bond donors (Lipinski definition) is 3. The van der Waals surface area contributed by atoms with Crippen LogP contribution in [0.2, 0.25) is 0 Å². The van der Waals surface area contributed by atoms with E-state index in [4.69, 9.17) is 11.5 Å². The molecule has 0 aromatic carbocycles. The molecule has 0 aliphatic carbocycles. The van der Waals surface area contributed by atoms with Crippen LogP contribution < -0.4 is 16.8 Å². The minimum absolute atomic E-state index is 0.174. The lowest BCUT2D eigenvalue weighted by molar-refractivity contribution is 0.534. The van der Waals surface area contributed by atoms with E-state index in [1.54, 1.807) is 0 Å². The molecule has 0 unspecified atom stereocenters. The molecule has 0 radical (unpaired) electrons. The molecule has 66 valence electrons. The van der Waals surface area contributed by atoms with Gasteiger partial charge in [-0.05, 0) is 19.0 Å². The molecule has 0 saturated carbocycles. The van der Waals surface area contributed by atoms with Gasteiger partial charge in [0.25, 0.3) is 0 Å². The summed E-state index contributed by atoms with van der Waals surface area (Å²) in [6, 6.07) is 0. The number of nitrogens with one attached hydrogen (secondary N) is 1. The maximum Gasteiger partial charge on any atom is 0.185 e.